The van der Waals surface area contributed by atoms with Gasteiger partial charge >= 0.3 is 5.97 Å². The van der Waals surface area contributed by atoms with E-state index in [0.29, 0.717) is 0 Å². The van der Waals surface area contributed by atoms with Crippen LogP contribution in [0.4, 0.5) is 0 Å². The highest BCUT2D eigenvalue weighted by molar-refractivity contribution is 7.99. The van der Waals surface area contributed by atoms with Crippen molar-refractivity contribution in [3.05, 3.63) is 75.8 Å². The standard InChI is InChI=1S/C19H19NO4S/c1-2-24-17(21)12-15-14-10-6-7-11-16(14)25-19(18(15)20(22)23)13-8-4-3-5-9-13/h3-11,15,18-19H,2,12H2,1H3/t15-,18+,19-/m1/s1. The maximum atomic E-state index is 12.1. The fraction of sp³-hybridized carbons (Fsp3) is 0.316. The normalized spacial score (nSPS) is 22.0. The molecule has 0 unspecified atom stereocenters. The van der Waals surface area contributed by atoms with E-state index in [-0.39, 0.29) is 23.2 Å². The SMILES string of the molecule is CCOC(=O)C[C@@H]1c2ccccc2S[C@H](c2ccccc2)[C@H]1[N+](=O)[O-]. The Morgan fingerprint density at radius 3 is 2.52 bits per heavy atom. The summed E-state index contributed by atoms with van der Waals surface area (Å²) in [5.74, 6) is -0.899. The first-order valence-corrected chi connectivity index (χ1v) is 9.09. The van der Waals surface area contributed by atoms with E-state index < -0.39 is 17.9 Å². The van der Waals surface area contributed by atoms with Crippen LogP contribution in [0.3, 0.4) is 0 Å². The van der Waals surface area contributed by atoms with Crippen molar-refractivity contribution in [1.82, 2.24) is 0 Å². The second kappa shape index (κ2) is 7.70. The highest BCUT2D eigenvalue weighted by Gasteiger charge is 2.47. The number of carbonyl (C=O) groups excluding carboxylic acids is 1. The van der Waals surface area contributed by atoms with Crippen LogP contribution in [0.15, 0.2) is 59.5 Å². The summed E-state index contributed by atoms with van der Waals surface area (Å²) in [6.07, 6.45) is 0.0143. The molecule has 0 radical (unpaired) electrons. The molecule has 0 N–H and O–H groups in total. The molecule has 0 amide bonds. The Labute approximate surface area is 150 Å². The Hall–Kier alpha value is -2.34. The maximum Gasteiger partial charge on any atom is 0.306 e. The first kappa shape index (κ1) is 17.5. The molecule has 5 nitrogen and oxygen atoms in total. The van der Waals surface area contributed by atoms with E-state index in [0.717, 1.165) is 16.0 Å². The Kier molecular flexibility index (Phi) is 5.38. The van der Waals surface area contributed by atoms with Gasteiger partial charge < -0.3 is 4.74 Å². The number of thioether (sulfide) groups is 1. The summed E-state index contributed by atoms with van der Waals surface area (Å²) in [4.78, 5) is 24.8. The summed E-state index contributed by atoms with van der Waals surface area (Å²) >= 11 is 1.50. The minimum atomic E-state index is -0.883. The number of nitrogens with zero attached hydrogens (tertiary/aromatic N) is 1. The number of nitro groups is 1. The molecule has 0 fully saturated rings. The average Bonchev–Trinajstić information content (AvgIpc) is 2.62. The minimum Gasteiger partial charge on any atom is -0.466 e. The molecule has 0 aromatic heterocycles. The molecule has 0 aliphatic carbocycles. The predicted molar refractivity (Wildman–Crippen MR) is 96.3 cm³/mol. The van der Waals surface area contributed by atoms with Crippen LogP contribution in [-0.4, -0.2) is 23.5 Å². The molecule has 2 aromatic rings. The van der Waals surface area contributed by atoms with Gasteiger partial charge in [0.1, 0.15) is 5.25 Å². The summed E-state index contributed by atoms with van der Waals surface area (Å²) in [5, 5.41) is 11.6. The molecule has 0 spiro atoms. The van der Waals surface area contributed by atoms with Crippen molar-refractivity contribution in [3.8, 4) is 0 Å². The molecule has 130 valence electrons. The minimum absolute atomic E-state index is 0.0143. The summed E-state index contributed by atoms with van der Waals surface area (Å²) in [5.41, 5.74) is 1.76. The Balaban J connectivity index is 2.05. The Morgan fingerprint density at radius 2 is 1.84 bits per heavy atom. The number of benzene rings is 2. The average molecular weight is 357 g/mol. The third kappa shape index (κ3) is 3.69. The smallest absolute Gasteiger partial charge is 0.306 e. The van der Waals surface area contributed by atoms with Gasteiger partial charge in [0.05, 0.1) is 18.9 Å². The lowest BCUT2D eigenvalue weighted by molar-refractivity contribution is -0.527. The van der Waals surface area contributed by atoms with Gasteiger partial charge in [-0.05, 0) is 24.1 Å². The van der Waals surface area contributed by atoms with Crippen LogP contribution in [0.2, 0.25) is 0 Å². The molecule has 6 heteroatoms. The van der Waals surface area contributed by atoms with Crippen molar-refractivity contribution in [2.75, 3.05) is 6.61 Å². The first-order chi connectivity index (χ1) is 12.1. The van der Waals surface area contributed by atoms with E-state index in [9.17, 15) is 14.9 Å². The zero-order valence-electron chi connectivity index (χ0n) is 13.8. The van der Waals surface area contributed by atoms with E-state index in [4.69, 9.17) is 4.74 Å². The lowest BCUT2D eigenvalue weighted by Gasteiger charge is -2.33. The van der Waals surface area contributed by atoms with Gasteiger partial charge in [0, 0.05) is 9.82 Å². The van der Waals surface area contributed by atoms with Gasteiger partial charge in [0.15, 0.2) is 0 Å². The molecule has 3 atom stereocenters. The second-order valence-electron chi connectivity index (χ2n) is 5.88. The Bertz CT molecular complexity index is 765. The number of esters is 1. The summed E-state index contributed by atoms with van der Waals surface area (Å²) in [6.45, 7) is 2.01. The quantitative estimate of drug-likeness (QED) is 0.455. The van der Waals surface area contributed by atoms with E-state index in [1.807, 2.05) is 54.6 Å². The first-order valence-electron chi connectivity index (χ1n) is 8.21. The highest BCUT2D eigenvalue weighted by atomic mass is 32.2. The van der Waals surface area contributed by atoms with Crippen LogP contribution in [0.1, 0.15) is 35.6 Å². The molecule has 0 saturated carbocycles. The zero-order valence-corrected chi connectivity index (χ0v) is 14.6. The van der Waals surface area contributed by atoms with Crippen LogP contribution in [-0.2, 0) is 9.53 Å². The lowest BCUT2D eigenvalue weighted by Crippen LogP contribution is -2.37. The van der Waals surface area contributed by atoms with Gasteiger partial charge in [-0.15, -0.1) is 11.8 Å². The number of hydrogen-bond acceptors (Lipinski definition) is 5. The number of ether oxygens (including phenoxy) is 1. The topological polar surface area (TPSA) is 69.4 Å². The van der Waals surface area contributed by atoms with E-state index in [1.54, 1.807) is 6.92 Å². The van der Waals surface area contributed by atoms with E-state index >= 15 is 0 Å². The van der Waals surface area contributed by atoms with Gasteiger partial charge in [-0.1, -0.05) is 48.5 Å². The van der Waals surface area contributed by atoms with Gasteiger partial charge in [-0.3, -0.25) is 14.9 Å². The van der Waals surface area contributed by atoms with Gasteiger partial charge in [0.25, 0.3) is 0 Å². The largest absolute Gasteiger partial charge is 0.466 e. The highest BCUT2D eigenvalue weighted by Crippen LogP contribution is 2.51. The van der Waals surface area contributed by atoms with Gasteiger partial charge in [0.2, 0.25) is 6.04 Å². The lowest BCUT2D eigenvalue weighted by atomic mass is 9.84. The van der Waals surface area contributed by atoms with Crippen molar-refractivity contribution >= 4 is 17.7 Å². The fourth-order valence-electron chi connectivity index (χ4n) is 3.29. The van der Waals surface area contributed by atoms with Crippen molar-refractivity contribution < 1.29 is 14.5 Å². The van der Waals surface area contributed by atoms with Crippen LogP contribution in [0, 0.1) is 10.1 Å². The molecule has 1 aliphatic rings. The zero-order chi connectivity index (χ0) is 17.8. The summed E-state index contributed by atoms with van der Waals surface area (Å²) in [7, 11) is 0. The Morgan fingerprint density at radius 1 is 1.16 bits per heavy atom. The predicted octanol–water partition coefficient (Wildman–Crippen LogP) is 4.22. The molecule has 1 aliphatic heterocycles. The third-order valence-electron chi connectivity index (χ3n) is 4.36. The molecule has 25 heavy (non-hydrogen) atoms. The molecule has 1 heterocycles. The van der Waals surface area contributed by atoms with Crippen molar-refractivity contribution in [3.63, 3.8) is 0 Å². The fourth-order valence-corrected chi connectivity index (χ4v) is 4.80. The van der Waals surface area contributed by atoms with Crippen molar-refractivity contribution in [2.24, 2.45) is 0 Å². The van der Waals surface area contributed by atoms with Crippen LogP contribution in [0.5, 0.6) is 0 Å². The third-order valence-corrected chi connectivity index (χ3v) is 5.79. The summed E-state index contributed by atoms with van der Waals surface area (Å²) in [6, 6.07) is 16.2. The van der Waals surface area contributed by atoms with Crippen molar-refractivity contribution in [2.45, 2.75) is 35.4 Å². The van der Waals surface area contributed by atoms with Crippen molar-refractivity contribution in [1.29, 1.82) is 0 Å². The monoisotopic (exact) mass is 357 g/mol. The molecule has 0 bridgehead atoms. The van der Waals surface area contributed by atoms with Gasteiger partial charge in [-0.25, -0.2) is 0 Å². The summed E-state index contributed by atoms with van der Waals surface area (Å²) < 4.78 is 5.06. The van der Waals surface area contributed by atoms with Crippen LogP contribution >= 0.6 is 11.8 Å². The molecule has 0 saturated heterocycles. The number of rotatable bonds is 5. The number of carbonyl (C=O) groups is 1. The van der Waals surface area contributed by atoms with Crippen LogP contribution < -0.4 is 0 Å². The van der Waals surface area contributed by atoms with E-state index in [2.05, 4.69) is 0 Å². The number of hydrogen-bond donors (Lipinski definition) is 0. The van der Waals surface area contributed by atoms with E-state index in [1.165, 1.54) is 11.8 Å². The maximum absolute atomic E-state index is 12.1. The van der Waals surface area contributed by atoms with Gasteiger partial charge in [-0.2, -0.15) is 0 Å². The molecule has 2 aromatic carbocycles. The second-order valence-corrected chi connectivity index (χ2v) is 7.06. The number of fused-ring (bicyclic) bond motifs is 1. The molecule has 3 rings (SSSR count). The molecular formula is C19H19NO4S. The molecular weight excluding hydrogens is 338 g/mol. The van der Waals surface area contributed by atoms with Crippen LogP contribution in [0.25, 0.3) is 0 Å².